The van der Waals surface area contributed by atoms with Gasteiger partial charge in [-0.1, -0.05) is 12.1 Å². The van der Waals surface area contributed by atoms with Crippen LogP contribution in [-0.2, 0) is 4.79 Å². The van der Waals surface area contributed by atoms with E-state index < -0.39 is 0 Å². The van der Waals surface area contributed by atoms with Crippen molar-refractivity contribution in [3.63, 3.8) is 0 Å². The first kappa shape index (κ1) is 26.5. The van der Waals surface area contributed by atoms with Crippen molar-refractivity contribution in [3.05, 3.63) is 29.8 Å². The van der Waals surface area contributed by atoms with Crippen LogP contribution in [-0.4, -0.2) is 76.1 Å². The smallest absolute Gasteiger partial charge is 0.220 e. The van der Waals surface area contributed by atoms with E-state index in [9.17, 15) is 4.79 Å². The van der Waals surface area contributed by atoms with E-state index in [1.165, 1.54) is 5.56 Å². The van der Waals surface area contributed by atoms with Crippen molar-refractivity contribution in [2.75, 3.05) is 54.4 Å². The summed E-state index contributed by atoms with van der Waals surface area (Å²) in [5.74, 6) is 2.42. The van der Waals surface area contributed by atoms with Gasteiger partial charge in [-0.3, -0.25) is 9.79 Å². The predicted molar refractivity (Wildman–Crippen MR) is 134 cm³/mol. The fourth-order valence-electron chi connectivity index (χ4n) is 3.73. The molecule has 1 saturated heterocycles. The van der Waals surface area contributed by atoms with Crippen LogP contribution in [0, 0.1) is 5.92 Å². The Morgan fingerprint density at radius 3 is 2.60 bits per heavy atom. The molecule has 2 rings (SSSR count). The van der Waals surface area contributed by atoms with Crippen LogP contribution < -0.4 is 15.4 Å². The molecule has 7 nitrogen and oxygen atoms in total. The lowest BCUT2D eigenvalue weighted by molar-refractivity contribution is -0.121. The van der Waals surface area contributed by atoms with Gasteiger partial charge in [0.25, 0.3) is 0 Å². The molecule has 0 aromatic heterocycles. The predicted octanol–water partition coefficient (Wildman–Crippen LogP) is 2.73. The quantitative estimate of drug-likeness (QED) is 0.307. The van der Waals surface area contributed by atoms with Gasteiger partial charge in [0.1, 0.15) is 5.75 Å². The van der Waals surface area contributed by atoms with Crippen LogP contribution in [0.15, 0.2) is 29.3 Å². The second kappa shape index (κ2) is 13.7. The highest BCUT2D eigenvalue weighted by atomic mass is 127. The summed E-state index contributed by atoms with van der Waals surface area (Å²) in [4.78, 5) is 21.1. The number of halogens is 1. The molecule has 1 heterocycles. The Balaban J connectivity index is 0.00000450. The number of hydrogen-bond acceptors (Lipinski definition) is 4. The molecule has 30 heavy (non-hydrogen) atoms. The molecule has 0 aliphatic carbocycles. The van der Waals surface area contributed by atoms with Crippen LogP contribution >= 0.6 is 24.0 Å². The highest BCUT2D eigenvalue weighted by molar-refractivity contribution is 14.0. The third kappa shape index (κ3) is 7.94. The number of ether oxygens (including phenoxy) is 1. The number of likely N-dealkylation sites (N-methyl/N-ethyl adjacent to an activating group) is 1. The van der Waals surface area contributed by atoms with Gasteiger partial charge in [-0.05, 0) is 57.5 Å². The van der Waals surface area contributed by atoms with Crippen LogP contribution in [0.25, 0.3) is 0 Å². The lowest BCUT2D eigenvalue weighted by Gasteiger charge is -2.34. The third-order valence-corrected chi connectivity index (χ3v) is 5.52. The van der Waals surface area contributed by atoms with Crippen LogP contribution in [0.2, 0.25) is 0 Å². The number of amides is 1. The Bertz CT molecular complexity index is 675. The average Bonchev–Trinajstić information content (AvgIpc) is 2.73. The highest BCUT2D eigenvalue weighted by Crippen LogP contribution is 2.24. The van der Waals surface area contributed by atoms with Gasteiger partial charge in [0, 0.05) is 33.1 Å². The SMILES string of the molecule is CCNC(=NCC(c1cccc(OC)c1)N(C)C)N1CCC(CC(=O)NC)CC1.I. The summed E-state index contributed by atoms with van der Waals surface area (Å²) in [6, 6.07) is 8.37. The van der Waals surface area contributed by atoms with Gasteiger partial charge >= 0.3 is 0 Å². The van der Waals surface area contributed by atoms with Crippen molar-refractivity contribution in [1.29, 1.82) is 0 Å². The molecule has 1 aliphatic heterocycles. The van der Waals surface area contributed by atoms with Crippen molar-refractivity contribution in [2.45, 2.75) is 32.2 Å². The van der Waals surface area contributed by atoms with Crippen LogP contribution in [0.5, 0.6) is 5.75 Å². The summed E-state index contributed by atoms with van der Waals surface area (Å²) in [5.41, 5.74) is 1.19. The number of benzene rings is 1. The van der Waals surface area contributed by atoms with Crippen molar-refractivity contribution >= 4 is 35.8 Å². The number of carbonyl (C=O) groups is 1. The standard InChI is InChI=1S/C22H37N5O2.HI/c1-6-24-22(27-12-10-17(11-13-27)14-21(28)23-2)25-16-20(26(3)4)18-8-7-9-19(15-18)29-5;/h7-9,15,17,20H,6,10-14,16H2,1-5H3,(H,23,28)(H,24,25);1H. The number of methoxy groups -OCH3 is 1. The number of carbonyl (C=O) groups excluding carboxylic acids is 1. The Kier molecular flexibility index (Phi) is 12.1. The molecule has 2 N–H and O–H groups in total. The van der Waals surface area contributed by atoms with Gasteiger partial charge in [-0.15, -0.1) is 24.0 Å². The summed E-state index contributed by atoms with van der Waals surface area (Å²) < 4.78 is 5.39. The minimum Gasteiger partial charge on any atom is -0.497 e. The zero-order chi connectivity index (χ0) is 21.2. The van der Waals surface area contributed by atoms with E-state index in [1.807, 2.05) is 12.1 Å². The molecule has 0 bridgehead atoms. The molecule has 0 radical (unpaired) electrons. The average molecular weight is 531 g/mol. The van der Waals surface area contributed by atoms with E-state index in [-0.39, 0.29) is 35.9 Å². The second-order valence-electron chi connectivity index (χ2n) is 7.76. The lowest BCUT2D eigenvalue weighted by atomic mass is 9.93. The fourth-order valence-corrected chi connectivity index (χ4v) is 3.73. The minimum atomic E-state index is 0. The molecule has 1 aromatic rings. The topological polar surface area (TPSA) is 69.2 Å². The number of aliphatic imine (C=N–C) groups is 1. The number of rotatable bonds is 8. The largest absolute Gasteiger partial charge is 0.497 e. The number of hydrogen-bond donors (Lipinski definition) is 2. The Morgan fingerprint density at radius 1 is 1.33 bits per heavy atom. The van der Waals surface area contributed by atoms with Crippen LogP contribution in [0.4, 0.5) is 0 Å². The first-order valence-electron chi connectivity index (χ1n) is 10.5. The van der Waals surface area contributed by atoms with Crippen molar-refractivity contribution < 1.29 is 9.53 Å². The lowest BCUT2D eigenvalue weighted by Crippen LogP contribution is -2.46. The molecule has 1 amide bonds. The second-order valence-corrected chi connectivity index (χ2v) is 7.76. The molecular formula is C22H38IN5O2. The monoisotopic (exact) mass is 531 g/mol. The zero-order valence-corrected chi connectivity index (χ0v) is 21.3. The van der Waals surface area contributed by atoms with E-state index in [4.69, 9.17) is 9.73 Å². The molecule has 1 atom stereocenters. The van der Waals surface area contributed by atoms with Crippen molar-refractivity contribution in [3.8, 4) is 5.75 Å². The van der Waals surface area contributed by atoms with Crippen molar-refractivity contribution in [1.82, 2.24) is 20.4 Å². The summed E-state index contributed by atoms with van der Waals surface area (Å²) in [7, 11) is 7.56. The van der Waals surface area contributed by atoms with E-state index in [1.54, 1.807) is 14.2 Å². The van der Waals surface area contributed by atoms with E-state index >= 15 is 0 Å². The Hall–Kier alpha value is -1.55. The Labute approximate surface area is 198 Å². The molecular weight excluding hydrogens is 493 g/mol. The molecule has 170 valence electrons. The minimum absolute atomic E-state index is 0. The summed E-state index contributed by atoms with van der Waals surface area (Å²) in [6.45, 7) is 5.46. The zero-order valence-electron chi connectivity index (χ0n) is 19.0. The van der Waals surface area contributed by atoms with Crippen LogP contribution in [0.1, 0.15) is 37.8 Å². The number of nitrogens with one attached hydrogen (secondary N) is 2. The normalized spacial score (nSPS) is 16.1. The number of guanidine groups is 1. The van der Waals surface area contributed by atoms with E-state index in [0.29, 0.717) is 18.9 Å². The summed E-state index contributed by atoms with van der Waals surface area (Å²) in [6.07, 6.45) is 2.66. The summed E-state index contributed by atoms with van der Waals surface area (Å²) in [5, 5.41) is 6.17. The van der Waals surface area contributed by atoms with E-state index in [0.717, 1.165) is 44.2 Å². The molecule has 1 fully saturated rings. The van der Waals surface area contributed by atoms with Gasteiger partial charge in [-0.25, -0.2) is 0 Å². The maximum atomic E-state index is 11.6. The van der Waals surface area contributed by atoms with Crippen molar-refractivity contribution in [2.24, 2.45) is 10.9 Å². The fraction of sp³-hybridized carbons (Fsp3) is 0.636. The van der Waals surface area contributed by atoms with E-state index in [2.05, 4.69) is 53.6 Å². The Morgan fingerprint density at radius 2 is 2.03 bits per heavy atom. The number of nitrogens with zero attached hydrogens (tertiary/aromatic N) is 3. The molecule has 8 heteroatoms. The first-order valence-corrected chi connectivity index (χ1v) is 10.5. The first-order chi connectivity index (χ1) is 14.0. The van der Waals surface area contributed by atoms with Gasteiger partial charge in [0.15, 0.2) is 5.96 Å². The van der Waals surface area contributed by atoms with Gasteiger partial charge in [0.2, 0.25) is 5.91 Å². The third-order valence-electron chi connectivity index (χ3n) is 5.52. The molecule has 1 unspecified atom stereocenters. The molecule has 0 spiro atoms. The number of piperidine rings is 1. The van der Waals surface area contributed by atoms with Gasteiger partial charge in [0.05, 0.1) is 19.7 Å². The molecule has 1 aliphatic rings. The number of likely N-dealkylation sites (tertiary alicyclic amines) is 1. The van der Waals surface area contributed by atoms with Gasteiger partial charge < -0.3 is 25.2 Å². The highest BCUT2D eigenvalue weighted by Gasteiger charge is 2.23. The molecule has 1 aromatic carbocycles. The maximum Gasteiger partial charge on any atom is 0.220 e. The summed E-state index contributed by atoms with van der Waals surface area (Å²) >= 11 is 0. The maximum absolute atomic E-state index is 11.6. The van der Waals surface area contributed by atoms with Gasteiger partial charge in [-0.2, -0.15) is 0 Å². The van der Waals surface area contributed by atoms with Crippen LogP contribution in [0.3, 0.4) is 0 Å². The molecule has 0 saturated carbocycles.